The maximum Gasteiger partial charge on any atom is 0.262 e. The number of amides is 1. The van der Waals surface area contributed by atoms with Crippen molar-refractivity contribution >= 4 is 15.9 Å². The van der Waals surface area contributed by atoms with E-state index < -0.39 is 22.0 Å². The topological polar surface area (TPSA) is 125 Å². The molecule has 2 unspecified atom stereocenters. The molecule has 1 aromatic heterocycles. The number of carbonyl (C=O) groups excluding carboxylic acids is 1. The van der Waals surface area contributed by atoms with Crippen molar-refractivity contribution in [2.75, 3.05) is 6.54 Å². The van der Waals surface area contributed by atoms with Crippen LogP contribution in [0.1, 0.15) is 26.2 Å². The van der Waals surface area contributed by atoms with E-state index in [-0.39, 0.29) is 17.4 Å². The van der Waals surface area contributed by atoms with Crippen LogP contribution in [-0.2, 0) is 14.8 Å². The molecule has 0 spiro atoms. The maximum absolute atomic E-state index is 13.4. The van der Waals surface area contributed by atoms with Crippen LogP contribution in [0.2, 0.25) is 0 Å². The molecule has 9 nitrogen and oxygen atoms in total. The number of benzene rings is 2. The monoisotopic (exact) mass is 470 g/mol. The lowest BCUT2D eigenvalue weighted by Gasteiger charge is -2.30. The SMILES string of the molecule is CC1CCCCN(S(=O)(=O)c2ccc(Oc3ccc(-c4ncc[nH]4)cc3)cc2)C1C(=O)NO. The first-order valence-electron chi connectivity index (χ1n) is 10.7. The molecule has 2 atom stereocenters. The number of aromatic nitrogens is 2. The van der Waals surface area contributed by atoms with E-state index in [0.29, 0.717) is 24.3 Å². The Balaban J connectivity index is 1.52. The predicted molar refractivity (Wildman–Crippen MR) is 121 cm³/mol. The van der Waals surface area contributed by atoms with Gasteiger partial charge in [0.15, 0.2) is 0 Å². The van der Waals surface area contributed by atoms with Gasteiger partial charge in [-0.15, -0.1) is 0 Å². The lowest BCUT2D eigenvalue weighted by atomic mass is 9.97. The van der Waals surface area contributed by atoms with E-state index in [1.807, 2.05) is 19.1 Å². The van der Waals surface area contributed by atoms with Crippen LogP contribution < -0.4 is 10.2 Å². The summed E-state index contributed by atoms with van der Waals surface area (Å²) in [5.41, 5.74) is 2.54. The van der Waals surface area contributed by atoms with Crippen LogP contribution in [0.25, 0.3) is 11.4 Å². The Kier molecular flexibility index (Phi) is 6.77. The lowest BCUT2D eigenvalue weighted by molar-refractivity contribution is -0.134. The van der Waals surface area contributed by atoms with Crippen LogP contribution in [0.15, 0.2) is 65.8 Å². The fraction of sp³-hybridized carbons (Fsp3) is 0.304. The molecule has 3 aromatic rings. The number of sulfonamides is 1. The molecule has 4 rings (SSSR count). The van der Waals surface area contributed by atoms with Gasteiger partial charge in [-0.05, 0) is 67.3 Å². The molecular formula is C23H26N4O5S. The van der Waals surface area contributed by atoms with Gasteiger partial charge >= 0.3 is 0 Å². The molecule has 1 amide bonds. The van der Waals surface area contributed by atoms with Gasteiger partial charge in [-0.2, -0.15) is 4.31 Å². The summed E-state index contributed by atoms with van der Waals surface area (Å²) in [7, 11) is -3.95. The second-order valence-corrected chi connectivity index (χ2v) is 9.94. The summed E-state index contributed by atoms with van der Waals surface area (Å²) < 4.78 is 33.7. The largest absolute Gasteiger partial charge is 0.457 e. The highest BCUT2D eigenvalue weighted by molar-refractivity contribution is 7.89. The van der Waals surface area contributed by atoms with E-state index in [9.17, 15) is 13.2 Å². The van der Waals surface area contributed by atoms with E-state index in [4.69, 9.17) is 9.94 Å². The summed E-state index contributed by atoms with van der Waals surface area (Å²) in [5.74, 6) is 0.898. The van der Waals surface area contributed by atoms with Crippen molar-refractivity contribution in [1.82, 2.24) is 19.8 Å². The number of imidazole rings is 1. The Hall–Kier alpha value is -3.21. The Bertz CT molecular complexity index is 1180. The first-order valence-corrected chi connectivity index (χ1v) is 12.2. The Morgan fingerprint density at radius 1 is 1.12 bits per heavy atom. The molecule has 0 radical (unpaired) electrons. The Labute approximate surface area is 192 Å². The molecule has 2 aromatic carbocycles. The van der Waals surface area contributed by atoms with Gasteiger partial charge in [-0.25, -0.2) is 18.9 Å². The molecule has 1 fully saturated rings. The first-order chi connectivity index (χ1) is 15.9. The van der Waals surface area contributed by atoms with Gasteiger partial charge in [0.1, 0.15) is 23.4 Å². The number of hydrogen-bond acceptors (Lipinski definition) is 6. The predicted octanol–water partition coefficient (Wildman–Crippen LogP) is 3.55. The molecule has 1 saturated heterocycles. The Morgan fingerprint density at radius 3 is 2.39 bits per heavy atom. The molecule has 0 saturated carbocycles. The molecule has 2 heterocycles. The van der Waals surface area contributed by atoms with Gasteiger partial charge in [0.25, 0.3) is 5.91 Å². The third-order valence-corrected chi connectivity index (χ3v) is 7.70. The number of nitrogens with one attached hydrogen (secondary N) is 2. The van der Waals surface area contributed by atoms with E-state index in [2.05, 4.69) is 9.97 Å². The average Bonchev–Trinajstić information content (AvgIpc) is 3.29. The third kappa shape index (κ3) is 4.92. The molecule has 33 heavy (non-hydrogen) atoms. The van der Waals surface area contributed by atoms with E-state index in [1.165, 1.54) is 16.4 Å². The summed E-state index contributed by atoms with van der Waals surface area (Å²) in [6.07, 6.45) is 5.59. The van der Waals surface area contributed by atoms with Crippen molar-refractivity contribution in [1.29, 1.82) is 0 Å². The number of aromatic amines is 1. The number of nitrogens with zero attached hydrogens (tertiary/aromatic N) is 2. The zero-order valence-electron chi connectivity index (χ0n) is 18.1. The molecular weight excluding hydrogens is 444 g/mol. The van der Waals surface area contributed by atoms with Crippen LogP contribution in [-0.4, -0.2) is 46.4 Å². The summed E-state index contributed by atoms with van der Waals surface area (Å²) >= 11 is 0. The molecule has 1 aliphatic rings. The fourth-order valence-electron chi connectivity index (χ4n) is 4.09. The summed E-state index contributed by atoms with van der Waals surface area (Å²) in [5, 5.41) is 9.16. The number of ether oxygens (including phenoxy) is 1. The highest BCUT2D eigenvalue weighted by Gasteiger charge is 2.40. The van der Waals surface area contributed by atoms with Crippen molar-refractivity contribution in [3.05, 3.63) is 60.9 Å². The highest BCUT2D eigenvalue weighted by Crippen LogP contribution is 2.30. The fourth-order valence-corrected chi connectivity index (χ4v) is 5.82. The minimum absolute atomic E-state index is 0.0628. The van der Waals surface area contributed by atoms with E-state index >= 15 is 0 Å². The van der Waals surface area contributed by atoms with Gasteiger partial charge in [-0.1, -0.05) is 13.3 Å². The van der Waals surface area contributed by atoms with Crippen LogP contribution in [0.3, 0.4) is 0 Å². The summed E-state index contributed by atoms with van der Waals surface area (Å²) in [6, 6.07) is 12.5. The van der Waals surface area contributed by atoms with Crippen LogP contribution >= 0.6 is 0 Å². The van der Waals surface area contributed by atoms with Gasteiger partial charge in [0, 0.05) is 24.5 Å². The number of carbonyl (C=O) groups is 1. The third-order valence-electron chi connectivity index (χ3n) is 5.81. The van der Waals surface area contributed by atoms with Gasteiger partial charge in [0.2, 0.25) is 10.0 Å². The molecule has 10 heteroatoms. The minimum atomic E-state index is -3.95. The van der Waals surface area contributed by atoms with E-state index in [1.54, 1.807) is 42.1 Å². The van der Waals surface area contributed by atoms with Crippen LogP contribution in [0, 0.1) is 5.92 Å². The molecule has 1 aliphatic heterocycles. The second kappa shape index (κ2) is 9.74. The van der Waals surface area contributed by atoms with Gasteiger partial charge < -0.3 is 9.72 Å². The zero-order valence-corrected chi connectivity index (χ0v) is 19.0. The standard InChI is InChI=1S/C23H26N4O5S/c1-16-4-2-3-15-27(21(16)23(28)26-29)33(30,31)20-11-9-19(10-12-20)32-18-7-5-17(6-8-18)22-24-13-14-25-22/h5-14,16,21,29H,2-4,15H2,1H3,(H,24,25)(H,26,28). The summed E-state index contributed by atoms with van der Waals surface area (Å²) in [6.45, 7) is 2.03. The summed E-state index contributed by atoms with van der Waals surface area (Å²) in [4.78, 5) is 19.6. The normalized spacial score (nSPS) is 19.6. The minimum Gasteiger partial charge on any atom is -0.457 e. The first kappa shape index (κ1) is 23.0. The molecule has 174 valence electrons. The van der Waals surface area contributed by atoms with E-state index in [0.717, 1.165) is 17.8 Å². The number of hydrogen-bond donors (Lipinski definition) is 3. The quantitative estimate of drug-likeness (QED) is 0.374. The van der Waals surface area contributed by atoms with Gasteiger partial charge in [-0.3, -0.25) is 10.0 Å². The van der Waals surface area contributed by atoms with Crippen LogP contribution in [0.4, 0.5) is 0 Å². The second-order valence-electron chi connectivity index (χ2n) is 8.05. The van der Waals surface area contributed by atoms with Crippen molar-refractivity contribution in [2.45, 2.75) is 37.1 Å². The molecule has 0 bridgehead atoms. The van der Waals surface area contributed by atoms with Gasteiger partial charge in [0.05, 0.1) is 4.90 Å². The smallest absolute Gasteiger partial charge is 0.262 e. The number of H-pyrrole nitrogens is 1. The molecule has 0 aliphatic carbocycles. The average molecular weight is 471 g/mol. The number of rotatable bonds is 6. The lowest BCUT2D eigenvalue weighted by Crippen LogP contribution is -2.51. The zero-order chi connectivity index (χ0) is 23.4. The highest BCUT2D eigenvalue weighted by atomic mass is 32.2. The molecule has 3 N–H and O–H groups in total. The van der Waals surface area contributed by atoms with Crippen molar-refractivity contribution in [3.63, 3.8) is 0 Å². The van der Waals surface area contributed by atoms with Crippen molar-refractivity contribution in [2.24, 2.45) is 5.92 Å². The van der Waals surface area contributed by atoms with Crippen molar-refractivity contribution < 1.29 is 23.2 Å². The Morgan fingerprint density at radius 2 is 1.79 bits per heavy atom. The maximum atomic E-state index is 13.4. The van der Waals surface area contributed by atoms with Crippen LogP contribution in [0.5, 0.6) is 11.5 Å². The van der Waals surface area contributed by atoms with Crippen molar-refractivity contribution in [3.8, 4) is 22.9 Å². The number of hydroxylamine groups is 1.